The number of carbonyl (C=O) groups is 1. The molecule has 5 nitrogen and oxygen atoms in total. The van der Waals surface area contributed by atoms with Gasteiger partial charge < -0.3 is 5.32 Å². The maximum absolute atomic E-state index is 12.1. The molecule has 1 aromatic rings. The number of amides is 1. The Balaban J connectivity index is 1.90. The Bertz CT molecular complexity index is 605. The summed E-state index contributed by atoms with van der Waals surface area (Å²) in [5, 5.41) is 2.86. The predicted molar refractivity (Wildman–Crippen MR) is 91.7 cm³/mol. The van der Waals surface area contributed by atoms with E-state index in [4.69, 9.17) is 0 Å². The first kappa shape index (κ1) is 17.9. The van der Waals surface area contributed by atoms with E-state index in [2.05, 4.69) is 10.0 Å². The fourth-order valence-corrected chi connectivity index (χ4v) is 4.04. The van der Waals surface area contributed by atoms with Crippen LogP contribution in [0.25, 0.3) is 0 Å². The summed E-state index contributed by atoms with van der Waals surface area (Å²) in [6.45, 7) is 2.33. The van der Waals surface area contributed by atoms with E-state index in [1.165, 1.54) is 31.4 Å². The zero-order chi connectivity index (χ0) is 16.7. The van der Waals surface area contributed by atoms with E-state index in [1.54, 1.807) is 12.1 Å². The molecular weight excluding hydrogens is 312 g/mol. The molecule has 2 rings (SSSR count). The van der Waals surface area contributed by atoms with Crippen LogP contribution in [0.5, 0.6) is 0 Å². The summed E-state index contributed by atoms with van der Waals surface area (Å²) in [7, 11) is -3.45. The van der Waals surface area contributed by atoms with Crippen LogP contribution in [0.1, 0.15) is 51.9 Å². The minimum Gasteiger partial charge on any atom is -0.326 e. The van der Waals surface area contributed by atoms with Crippen molar-refractivity contribution in [2.24, 2.45) is 5.92 Å². The third kappa shape index (κ3) is 5.62. The maximum Gasteiger partial charge on any atom is 0.240 e. The van der Waals surface area contributed by atoms with Crippen molar-refractivity contribution in [1.29, 1.82) is 0 Å². The minimum absolute atomic E-state index is 0.0108. The molecule has 0 bridgehead atoms. The summed E-state index contributed by atoms with van der Waals surface area (Å²) >= 11 is 0. The van der Waals surface area contributed by atoms with Gasteiger partial charge in [0.1, 0.15) is 0 Å². The van der Waals surface area contributed by atoms with Gasteiger partial charge in [-0.25, -0.2) is 13.1 Å². The lowest BCUT2D eigenvalue weighted by Crippen LogP contribution is -2.24. The number of nitrogens with one attached hydrogen (secondary N) is 2. The SMILES string of the molecule is CCCNS(=O)(=O)c1ccc(NC(=O)CC2CCCCC2)cc1. The van der Waals surface area contributed by atoms with Crippen molar-refractivity contribution in [3.63, 3.8) is 0 Å². The Kier molecular flexibility index (Phi) is 6.59. The van der Waals surface area contributed by atoms with Gasteiger partial charge in [0.15, 0.2) is 0 Å². The first-order valence-corrected chi connectivity index (χ1v) is 9.89. The van der Waals surface area contributed by atoms with Gasteiger partial charge >= 0.3 is 0 Å². The molecular formula is C17H26N2O3S. The lowest BCUT2D eigenvalue weighted by molar-refractivity contribution is -0.117. The van der Waals surface area contributed by atoms with E-state index in [-0.39, 0.29) is 10.8 Å². The molecule has 128 valence electrons. The fourth-order valence-electron chi connectivity index (χ4n) is 2.90. The summed E-state index contributed by atoms with van der Waals surface area (Å²) in [6, 6.07) is 6.32. The van der Waals surface area contributed by atoms with E-state index in [9.17, 15) is 13.2 Å². The third-order valence-corrected chi connectivity index (χ3v) is 5.67. The van der Waals surface area contributed by atoms with Gasteiger partial charge in [-0.1, -0.05) is 26.2 Å². The van der Waals surface area contributed by atoms with Crippen molar-refractivity contribution in [3.05, 3.63) is 24.3 Å². The van der Waals surface area contributed by atoms with E-state index >= 15 is 0 Å². The Labute approximate surface area is 138 Å². The van der Waals surface area contributed by atoms with Gasteiger partial charge in [-0.2, -0.15) is 0 Å². The van der Waals surface area contributed by atoms with Crippen LogP contribution in [0.15, 0.2) is 29.2 Å². The number of benzene rings is 1. The Hall–Kier alpha value is -1.40. The average molecular weight is 338 g/mol. The Morgan fingerprint density at radius 3 is 2.39 bits per heavy atom. The molecule has 0 aromatic heterocycles. The molecule has 0 atom stereocenters. The topological polar surface area (TPSA) is 75.3 Å². The van der Waals surface area contributed by atoms with Gasteiger partial charge in [-0.15, -0.1) is 0 Å². The van der Waals surface area contributed by atoms with Gasteiger partial charge in [0, 0.05) is 18.7 Å². The van der Waals surface area contributed by atoms with Crippen LogP contribution >= 0.6 is 0 Å². The van der Waals surface area contributed by atoms with Crippen LogP contribution in [0, 0.1) is 5.92 Å². The van der Waals surface area contributed by atoms with Crippen molar-refractivity contribution >= 4 is 21.6 Å². The third-order valence-electron chi connectivity index (χ3n) is 4.19. The number of hydrogen-bond donors (Lipinski definition) is 2. The van der Waals surface area contributed by atoms with Gasteiger partial charge in [-0.3, -0.25) is 4.79 Å². The molecule has 1 amide bonds. The molecule has 0 heterocycles. The predicted octanol–water partition coefficient (Wildman–Crippen LogP) is 3.28. The average Bonchev–Trinajstić information content (AvgIpc) is 2.54. The molecule has 1 fully saturated rings. The first-order chi connectivity index (χ1) is 11.0. The summed E-state index contributed by atoms with van der Waals surface area (Å²) < 4.78 is 26.5. The number of rotatable bonds is 7. The highest BCUT2D eigenvalue weighted by Crippen LogP contribution is 2.26. The zero-order valence-corrected chi connectivity index (χ0v) is 14.5. The molecule has 6 heteroatoms. The Morgan fingerprint density at radius 2 is 1.78 bits per heavy atom. The number of carbonyl (C=O) groups excluding carboxylic acids is 1. The standard InChI is InChI=1S/C17H26N2O3S/c1-2-12-18-23(21,22)16-10-8-15(9-11-16)19-17(20)13-14-6-4-3-5-7-14/h8-11,14,18H,2-7,12-13H2,1H3,(H,19,20). The van der Waals surface area contributed by atoms with Crippen LogP contribution in [0.3, 0.4) is 0 Å². The fraction of sp³-hybridized carbons (Fsp3) is 0.588. The number of hydrogen-bond acceptors (Lipinski definition) is 3. The lowest BCUT2D eigenvalue weighted by Gasteiger charge is -2.20. The quantitative estimate of drug-likeness (QED) is 0.801. The van der Waals surface area contributed by atoms with Crippen LogP contribution in [-0.4, -0.2) is 20.9 Å². The maximum atomic E-state index is 12.1. The normalized spacial score (nSPS) is 16.2. The van der Waals surface area contributed by atoms with E-state index in [1.807, 2.05) is 6.92 Å². The molecule has 1 aliphatic rings. The van der Waals surface area contributed by atoms with Crippen LogP contribution < -0.4 is 10.0 Å². The molecule has 0 aliphatic heterocycles. The molecule has 1 aromatic carbocycles. The van der Waals surface area contributed by atoms with Crippen molar-refractivity contribution in [3.8, 4) is 0 Å². The number of anilines is 1. The van der Waals surface area contributed by atoms with Crippen molar-refractivity contribution in [1.82, 2.24) is 4.72 Å². The molecule has 23 heavy (non-hydrogen) atoms. The monoisotopic (exact) mass is 338 g/mol. The summed E-state index contributed by atoms with van der Waals surface area (Å²) in [5.74, 6) is 0.498. The second-order valence-electron chi connectivity index (χ2n) is 6.18. The zero-order valence-electron chi connectivity index (χ0n) is 13.7. The van der Waals surface area contributed by atoms with Crippen molar-refractivity contribution in [2.75, 3.05) is 11.9 Å². The molecule has 1 aliphatic carbocycles. The highest BCUT2D eigenvalue weighted by atomic mass is 32.2. The first-order valence-electron chi connectivity index (χ1n) is 8.41. The van der Waals surface area contributed by atoms with Gasteiger partial charge in [0.25, 0.3) is 0 Å². The summed E-state index contributed by atoms with van der Waals surface area (Å²) in [5.41, 5.74) is 0.639. The van der Waals surface area contributed by atoms with Crippen LogP contribution in [0.4, 0.5) is 5.69 Å². The molecule has 2 N–H and O–H groups in total. The van der Waals surface area contributed by atoms with Gasteiger partial charge in [0.2, 0.25) is 15.9 Å². The number of sulfonamides is 1. The van der Waals surface area contributed by atoms with Gasteiger partial charge in [0.05, 0.1) is 4.90 Å². The van der Waals surface area contributed by atoms with E-state index < -0.39 is 10.0 Å². The van der Waals surface area contributed by atoms with E-state index in [0.29, 0.717) is 24.6 Å². The molecule has 0 saturated heterocycles. The van der Waals surface area contributed by atoms with E-state index in [0.717, 1.165) is 19.3 Å². The highest BCUT2D eigenvalue weighted by molar-refractivity contribution is 7.89. The van der Waals surface area contributed by atoms with Crippen molar-refractivity contribution < 1.29 is 13.2 Å². The summed E-state index contributed by atoms with van der Waals surface area (Å²) in [6.07, 6.45) is 7.28. The Morgan fingerprint density at radius 1 is 1.13 bits per heavy atom. The second kappa shape index (κ2) is 8.45. The van der Waals surface area contributed by atoms with Crippen LogP contribution in [0.2, 0.25) is 0 Å². The lowest BCUT2D eigenvalue weighted by atomic mass is 9.87. The largest absolute Gasteiger partial charge is 0.326 e. The van der Waals surface area contributed by atoms with Crippen molar-refractivity contribution in [2.45, 2.75) is 56.8 Å². The molecule has 1 saturated carbocycles. The minimum atomic E-state index is -3.45. The smallest absolute Gasteiger partial charge is 0.240 e. The van der Waals surface area contributed by atoms with Gasteiger partial charge in [-0.05, 0) is 49.4 Å². The second-order valence-corrected chi connectivity index (χ2v) is 7.95. The van der Waals surface area contributed by atoms with Crippen LogP contribution in [-0.2, 0) is 14.8 Å². The highest BCUT2D eigenvalue weighted by Gasteiger charge is 2.17. The molecule has 0 radical (unpaired) electrons. The summed E-state index contributed by atoms with van der Waals surface area (Å²) in [4.78, 5) is 12.3. The molecule has 0 spiro atoms. The molecule has 0 unspecified atom stereocenters.